The van der Waals surface area contributed by atoms with E-state index in [2.05, 4.69) is 51.7 Å². The predicted molar refractivity (Wildman–Crippen MR) is 109 cm³/mol. The fraction of sp³-hybridized carbons (Fsp3) is 0.619. The van der Waals surface area contributed by atoms with Crippen molar-refractivity contribution in [3.8, 4) is 0 Å². The Labute approximate surface area is 161 Å². The zero-order chi connectivity index (χ0) is 18.8. The summed E-state index contributed by atoms with van der Waals surface area (Å²) >= 11 is 0. The zero-order valence-electron chi connectivity index (χ0n) is 16.2. The first kappa shape index (κ1) is 18.4. The number of likely N-dealkylation sites (N-methyl/N-ethyl adjacent to an activating group) is 1. The van der Waals surface area contributed by atoms with Crippen LogP contribution >= 0.6 is 0 Å². The molecule has 3 fully saturated rings. The van der Waals surface area contributed by atoms with Gasteiger partial charge in [0.2, 0.25) is 5.91 Å². The number of piperidine rings is 1. The number of rotatable bonds is 6. The van der Waals surface area contributed by atoms with Gasteiger partial charge in [-0.05, 0) is 56.3 Å². The number of fused-ring (bicyclic) bond motifs is 2. The molecule has 4 atom stereocenters. The van der Waals surface area contributed by atoms with E-state index in [9.17, 15) is 4.79 Å². The van der Waals surface area contributed by atoms with E-state index in [0.29, 0.717) is 18.4 Å². The SMILES string of the molecule is CN1CCN(c2ccc(CC(C=N)NC(=O)C3NC4CCC3C4)cc2)CC1. The van der Waals surface area contributed by atoms with Crippen LogP contribution in [0.3, 0.4) is 0 Å². The molecular formula is C21H31N5O. The largest absolute Gasteiger partial charge is 0.369 e. The summed E-state index contributed by atoms with van der Waals surface area (Å²) in [5.74, 6) is 0.536. The number of hydrogen-bond donors (Lipinski definition) is 3. The van der Waals surface area contributed by atoms with Crippen LogP contribution in [-0.2, 0) is 11.2 Å². The van der Waals surface area contributed by atoms with Crippen molar-refractivity contribution in [3.05, 3.63) is 29.8 Å². The van der Waals surface area contributed by atoms with Crippen LogP contribution in [0.2, 0.25) is 0 Å². The molecule has 146 valence electrons. The molecule has 4 unspecified atom stereocenters. The molecule has 3 N–H and O–H groups in total. The van der Waals surface area contributed by atoms with E-state index < -0.39 is 0 Å². The van der Waals surface area contributed by atoms with Crippen LogP contribution in [0.15, 0.2) is 24.3 Å². The molecule has 2 aliphatic heterocycles. The van der Waals surface area contributed by atoms with E-state index >= 15 is 0 Å². The standard InChI is InChI=1S/C21H31N5O/c1-25-8-10-26(11-9-25)19-6-2-15(3-7-19)12-18(14-22)24-21(27)20-16-4-5-17(13-16)23-20/h2-3,6-7,14,16-18,20,22-23H,4-5,8-13H2,1H3,(H,24,27). The fourth-order valence-corrected chi connectivity index (χ4v) is 4.74. The average Bonchev–Trinajstić information content (AvgIpc) is 3.32. The third-order valence-corrected chi connectivity index (χ3v) is 6.43. The number of nitrogens with one attached hydrogen (secondary N) is 3. The Morgan fingerprint density at radius 2 is 2.00 bits per heavy atom. The van der Waals surface area contributed by atoms with Gasteiger partial charge in [0.05, 0.1) is 12.1 Å². The van der Waals surface area contributed by atoms with Crippen molar-refractivity contribution in [2.75, 3.05) is 38.1 Å². The minimum atomic E-state index is -0.243. The van der Waals surface area contributed by atoms with Gasteiger partial charge < -0.3 is 25.8 Å². The molecule has 1 saturated carbocycles. The average molecular weight is 370 g/mol. The minimum Gasteiger partial charge on any atom is -0.369 e. The highest BCUT2D eigenvalue weighted by Gasteiger charge is 2.42. The summed E-state index contributed by atoms with van der Waals surface area (Å²) in [5, 5.41) is 14.2. The number of benzene rings is 1. The van der Waals surface area contributed by atoms with Gasteiger partial charge in [-0.15, -0.1) is 0 Å². The van der Waals surface area contributed by atoms with Crippen LogP contribution in [-0.4, -0.2) is 68.4 Å². The van der Waals surface area contributed by atoms with E-state index in [-0.39, 0.29) is 18.0 Å². The van der Waals surface area contributed by atoms with E-state index in [1.54, 1.807) is 0 Å². The quantitative estimate of drug-likeness (QED) is 0.660. The summed E-state index contributed by atoms with van der Waals surface area (Å²) in [6.45, 7) is 4.32. The Morgan fingerprint density at radius 1 is 1.26 bits per heavy atom. The second-order valence-electron chi connectivity index (χ2n) is 8.36. The second kappa shape index (κ2) is 7.98. The maximum absolute atomic E-state index is 12.6. The van der Waals surface area contributed by atoms with Crippen molar-refractivity contribution < 1.29 is 4.79 Å². The maximum atomic E-state index is 12.6. The fourth-order valence-electron chi connectivity index (χ4n) is 4.74. The summed E-state index contributed by atoms with van der Waals surface area (Å²) in [7, 11) is 2.17. The molecule has 1 aromatic carbocycles. The van der Waals surface area contributed by atoms with Gasteiger partial charge in [-0.3, -0.25) is 4.79 Å². The monoisotopic (exact) mass is 369 g/mol. The first-order valence-electron chi connectivity index (χ1n) is 10.2. The predicted octanol–water partition coefficient (Wildman–Crippen LogP) is 1.26. The Bertz CT molecular complexity index is 668. The van der Waals surface area contributed by atoms with Gasteiger partial charge in [0, 0.05) is 44.1 Å². The van der Waals surface area contributed by atoms with E-state index in [1.165, 1.54) is 18.3 Å². The van der Waals surface area contributed by atoms with Crippen LogP contribution in [0, 0.1) is 11.3 Å². The smallest absolute Gasteiger partial charge is 0.237 e. The van der Waals surface area contributed by atoms with Gasteiger partial charge in [0.15, 0.2) is 0 Å². The molecule has 27 heavy (non-hydrogen) atoms. The first-order valence-corrected chi connectivity index (χ1v) is 10.2. The van der Waals surface area contributed by atoms with Crippen molar-refractivity contribution in [3.63, 3.8) is 0 Å². The lowest BCUT2D eigenvalue weighted by molar-refractivity contribution is -0.124. The molecule has 6 heteroatoms. The summed E-state index contributed by atoms with van der Waals surface area (Å²) in [6.07, 6.45) is 5.50. The highest BCUT2D eigenvalue weighted by molar-refractivity contribution is 5.85. The number of piperazine rings is 1. The molecule has 1 amide bonds. The topological polar surface area (TPSA) is 71.5 Å². The third-order valence-electron chi connectivity index (χ3n) is 6.43. The molecular weight excluding hydrogens is 338 g/mol. The molecule has 0 aromatic heterocycles. The van der Waals surface area contributed by atoms with Crippen molar-refractivity contribution in [1.82, 2.24) is 15.5 Å². The summed E-state index contributed by atoms with van der Waals surface area (Å²) < 4.78 is 0. The molecule has 6 nitrogen and oxygen atoms in total. The summed E-state index contributed by atoms with van der Waals surface area (Å²) in [4.78, 5) is 17.4. The molecule has 4 rings (SSSR count). The number of hydrogen-bond acceptors (Lipinski definition) is 5. The number of nitrogens with zero attached hydrogens (tertiary/aromatic N) is 2. The lowest BCUT2D eigenvalue weighted by atomic mass is 9.98. The van der Waals surface area contributed by atoms with Crippen molar-refractivity contribution in [1.29, 1.82) is 5.41 Å². The van der Waals surface area contributed by atoms with Crippen LogP contribution in [0.1, 0.15) is 24.8 Å². The zero-order valence-corrected chi connectivity index (χ0v) is 16.2. The van der Waals surface area contributed by atoms with Gasteiger partial charge in [-0.2, -0.15) is 0 Å². The minimum absolute atomic E-state index is 0.0600. The summed E-state index contributed by atoms with van der Waals surface area (Å²) in [5.41, 5.74) is 2.41. The Balaban J connectivity index is 1.31. The molecule has 2 saturated heterocycles. The maximum Gasteiger partial charge on any atom is 0.237 e. The van der Waals surface area contributed by atoms with Crippen molar-refractivity contribution >= 4 is 17.8 Å². The lowest BCUT2D eigenvalue weighted by Gasteiger charge is -2.34. The number of carbonyl (C=O) groups is 1. The van der Waals surface area contributed by atoms with Crippen molar-refractivity contribution in [2.45, 2.75) is 43.8 Å². The third kappa shape index (κ3) is 4.17. The van der Waals surface area contributed by atoms with Crippen LogP contribution in [0.4, 0.5) is 5.69 Å². The van der Waals surface area contributed by atoms with E-state index in [0.717, 1.165) is 44.6 Å². The van der Waals surface area contributed by atoms with Gasteiger partial charge in [0.25, 0.3) is 0 Å². The first-order chi connectivity index (χ1) is 13.1. The van der Waals surface area contributed by atoms with E-state index in [1.807, 2.05) is 0 Å². The molecule has 2 heterocycles. The van der Waals surface area contributed by atoms with Gasteiger partial charge in [0.1, 0.15) is 0 Å². The lowest BCUT2D eigenvalue weighted by Crippen LogP contribution is -2.51. The second-order valence-corrected chi connectivity index (χ2v) is 8.36. The van der Waals surface area contributed by atoms with Gasteiger partial charge >= 0.3 is 0 Å². The molecule has 1 aliphatic carbocycles. The molecule has 3 aliphatic rings. The highest BCUT2D eigenvalue weighted by Crippen LogP contribution is 2.35. The number of amides is 1. The van der Waals surface area contributed by atoms with Gasteiger partial charge in [-0.25, -0.2) is 0 Å². The highest BCUT2D eigenvalue weighted by atomic mass is 16.2. The van der Waals surface area contributed by atoms with Gasteiger partial charge in [-0.1, -0.05) is 12.1 Å². The summed E-state index contributed by atoms with van der Waals surface area (Å²) in [6, 6.07) is 8.81. The molecule has 0 radical (unpaired) electrons. The number of anilines is 1. The molecule has 2 bridgehead atoms. The Morgan fingerprint density at radius 3 is 2.59 bits per heavy atom. The van der Waals surface area contributed by atoms with Crippen LogP contribution < -0.4 is 15.5 Å². The number of carbonyl (C=O) groups excluding carboxylic acids is 1. The Kier molecular flexibility index (Phi) is 5.45. The van der Waals surface area contributed by atoms with Crippen molar-refractivity contribution in [2.24, 2.45) is 5.92 Å². The van der Waals surface area contributed by atoms with Crippen LogP contribution in [0.5, 0.6) is 0 Å². The van der Waals surface area contributed by atoms with Crippen LogP contribution in [0.25, 0.3) is 0 Å². The molecule has 1 aromatic rings. The molecule has 0 spiro atoms. The van der Waals surface area contributed by atoms with E-state index in [4.69, 9.17) is 5.41 Å². The Hall–Kier alpha value is -1.92. The normalized spacial score (nSPS) is 28.9.